The molecule has 0 aliphatic carbocycles. The molecule has 0 fully saturated rings. The van der Waals surface area contributed by atoms with E-state index in [4.69, 9.17) is 0 Å². The number of nitrogens with zero attached hydrogens (tertiary/aromatic N) is 7. The average molecular weight is 374 g/mol. The fraction of sp³-hybridized carbons (Fsp3) is 0.158. The lowest BCUT2D eigenvalue weighted by Gasteiger charge is -2.09. The predicted octanol–water partition coefficient (Wildman–Crippen LogP) is 2.42. The number of carbonyl (C=O) groups excluding carboxylic acids is 1. The van der Waals surface area contributed by atoms with Crippen LogP contribution in [0, 0.1) is 20.8 Å². The highest BCUT2D eigenvalue weighted by molar-refractivity contribution is 6.03. The van der Waals surface area contributed by atoms with E-state index >= 15 is 0 Å². The van der Waals surface area contributed by atoms with Gasteiger partial charge in [0.1, 0.15) is 6.33 Å². The van der Waals surface area contributed by atoms with E-state index in [1.165, 1.54) is 6.33 Å². The number of aryl methyl sites for hydroxylation is 2. The summed E-state index contributed by atoms with van der Waals surface area (Å²) in [5.74, 6) is -0.331. The van der Waals surface area contributed by atoms with Gasteiger partial charge in [-0.2, -0.15) is 0 Å². The Balaban J connectivity index is 1.61. The van der Waals surface area contributed by atoms with Crippen molar-refractivity contribution in [3.8, 4) is 11.4 Å². The molecule has 28 heavy (non-hydrogen) atoms. The van der Waals surface area contributed by atoms with E-state index in [0.717, 1.165) is 22.5 Å². The van der Waals surface area contributed by atoms with Crippen molar-refractivity contribution >= 4 is 11.6 Å². The molecule has 0 radical (unpaired) electrons. The van der Waals surface area contributed by atoms with Gasteiger partial charge in [0.15, 0.2) is 5.69 Å². The highest BCUT2D eigenvalue weighted by Crippen LogP contribution is 2.20. The lowest BCUT2D eigenvalue weighted by atomic mass is 10.1. The van der Waals surface area contributed by atoms with Crippen molar-refractivity contribution in [2.45, 2.75) is 20.8 Å². The van der Waals surface area contributed by atoms with Crippen molar-refractivity contribution in [3.63, 3.8) is 0 Å². The van der Waals surface area contributed by atoms with Gasteiger partial charge < -0.3 is 5.32 Å². The summed E-state index contributed by atoms with van der Waals surface area (Å²) in [6.45, 7) is 5.77. The molecule has 0 aliphatic rings. The summed E-state index contributed by atoms with van der Waals surface area (Å²) in [5.41, 5.74) is 5.27. The van der Waals surface area contributed by atoms with Crippen LogP contribution >= 0.6 is 0 Å². The highest BCUT2D eigenvalue weighted by atomic mass is 16.2. The van der Waals surface area contributed by atoms with E-state index in [0.29, 0.717) is 11.4 Å². The molecule has 0 saturated heterocycles. The van der Waals surface area contributed by atoms with Crippen LogP contribution in [0.3, 0.4) is 0 Å². The first kappa shape index (κ1) is 17.5. The Kier molecular flexibility index (Phi) is 4.40. The second-order valence-corrected chi connectivity index (χ2v) is 6.48. The molecule has 2 aromatic heterocycles. The first-order valence-corrected chi connectivity index (χ1v) is 8.67. The summed E-state index contributed by atoms with van der Waals surface area (Å²) < 4.78 is 3.20. The quantitative estimate of drug-likeness (QED) is 0.588. The zero-order valence-corrected chi connectivity index (χ0v) is 15.7. The van der Waals surface area contributed by atoms with E-state index in [1.54, 1.807) is 9.36 Å². The fourth-order valence-electron chi connectivity index (χ4n) is 2.94. The average Bonchev–Trinajstić information content (AvgIpc) is 3.33. The Hall–Kier alpha value is -3.88. The number of tetrazole rings is 1. The normalized spacial score (nSPS) is 10.8. The van der Waals surface area contributed by atoms with Crippen LogP contribution in [-0.2, 0) is 0 Å². The van der Waals surface area contributed by atoms with Gasteiger partial charge in [-0.3, -0.25) is 4.79 Å². The van der Waals surface area contributed by atoms with Crippen LogP contribution in [-0.4, -0.2) is 41.1 Å². The predicted molar refractivity (Wildman–Crippen MR) is 103 cm³/mol. The number of aromatic nitrogens is 7. The van der Waals surface area contributed by atoms with Crippen molar-refractivity contribution in [1.29, 1.82) is 0 Å². The number of benzene rings is 2. The molecule has 2 heterocycles. The molecular weight excluding hydrogens is 356 g/mol. The van der Waals surface area contributed by atoms with Gasteiger partial charge in [-0.25, -0.2) is 9.36 Å². The molecule has 140 valence electrons. The number of nitrogens with one attached hydrogen (secondary N) is 1. The minimum absolute atomic E-state index is 0.269. The Labute approximate surface area is 161 Å². The van der Waals surface area contributed by atoms with Gasteiger partial charge in [0.2, 0.25) is 0 Å². The fourth-order valence-corrected chi connectivity index (χ4v) is 2.94. The third-order valence-corrected chi connectivity index (χ3v) is 4.42. The van der Waals surface area contributed by atoms with Crippen LogP contribution in [0.1, 0.15) is 27.3 Å². The van der Waals surface area contributed by atoms with E-state index < -0.39 is 0 Å². The SMILES string of the molecule is Cc1cccc(-n2nnc(C(=O)Nc3ccc(C)c(-n4cnnn4)c3)c2C)c1. The summed E-state index contributed by atoms with van der Waals surface area (Å²) in [5, 5.41) is 22.3. The Bertz CT molecular complexity index is 1150. The number of hydrogen-bond acceptors (Lipinski definition) is 6. The number of carbonyl (C=O) groups is 1. The smallest absolute Gasteiger partial charge is 0.278 e. The van der Waals surface area contributed by atoms with Gasteiger partial charge >= 0.3 is 0 Å². The molecule has 1 N–H and O–H groups in total. The van der Waals surface area contributed by atoms with Gasteiger partial charge in [-0.15, -0.1) is 10.2 Å². The molecule has 0 bridgehead atoms. The van der Waals surface area contributed by atoms with Crippen molar-refractivity contribution in [2.24, 2.45) is 0 Å². The number of hydrogen-bond donors (Lipinski definition) is 1. The second-order valence-electron chi connectivity index (χ2n) is 6.48. The van der Waals surface area contributed by atoms with Crippen LogP contribution in [0.15, 0.2) is 48.8 Å². The molecule has 9 nitrogen and oxygen atoms in total. The molecular formula is C19H18N8O. The van der Waals surface area contributed by atoms with E-state index in [1.807, 2.05) is 63.2 Å². The molecule has 0 aliphatic heterocycles. The maximum Gasteiger partial charge on any atom is 0.278 e. The molecule has 9 heteroatoms. The Morgan fingerprint density at radius 3 is 2.64 bits per heavy atom. The minimum atomic E-state index is -0.331. The van der Waals surface area contributed by atoms with Crippen LogP contribution in [0.2, 0.25) is 0 Å². The molecule has 4 aromatic rings. The van der Waals surface area contributed by atoms with Crippen LogP contribution in [0.5, 0.6) is 0 Å². The number of anilines is 1. The van der Waals surface area contributed by atoms with E-state index in [2.05, 4.69) is 31.2 Å². The first-order valence-electron chi connectivity index (χ1n) is 8.67. The lowest BCUT2D eigenvalue weighted by Crippen LogP contribution is -2.14. The molecule has 4 rings (SSSR count). The Morgan fingerprint density at radius 2 is 1.89 bits per heavy atom. The number of rotatable bonds is 4. The van der Waals surface area contributed by atoms with Gasteiger partial charge in [-0.05, 0) is 66.6 Å². The van der Waals surface area contributed by atoms with E-state index in [-0.39, 0.29) is 11.6 Å². The summed E-state index contributed by atoms with van der Waals surface area (Å²) in [6.07, 6.45) is 1.51. The Morgan fingerprint density at radius 1 is 1.04 bits per heavy atom. The second kappa shape index (κ2) is 7.03. The van der Waals surface area contributed by atoms with E-state index in [9.17, 15) is 4.79 Å². The molecule has 0 saturated carbocycles. The van der Waals surface area contributed by atoms with Crippen molar-refractivity contribution in [2.75, 3.05) is 5.32 Å². The highest BCUT2D eigenvalue weighted by Gasteiger charge is 2.18. The van der Waals surface area contributed by atoms with Crippen molar-refractivity contribution < 1.29 is 4.79 Å². The number of amides is 1. The standard InChI is InChI=1S/C19H18N8O/c1-12-5-4-6-16(9-12)27-14(3)18(22-24-27)19(28)21-15-8-7-13(2)17(10-15)26-11-20-23-25-26/h4-11H,1-3H3,(H,21,28). The molecule has 1 amide bonds. The molecule has 0 atom stereocenters. The third-order valence-electron chi connectivity index (χ3n) is 4.42. The van der Waals surface area contributed by atoms with Gasteiger partial charge in [-0.1, -0.05) is 23.4 Å². The zero-order valence-electron chi connectivity index (χ0n) is 15.7. The molecule has 0 unspecified atom stereocenters. The van der Waals surface area contributed by atoms with Gasteiger partial charge in [0.05, 0.1) is 17.1 Å². The molecule has 0 spiro atoms. The minimum Gasteiger partial charge on any atom is -0.320 e. The van der Waals surface area contributed by atoms with Crippen LogP contribution < -0.4 is 5.32 Å². The van der Waals surface area contributed by atoms with Crippen LogP contribution in [0.4, 0.5) is 5.69 Å². The maximum atomic E-state index is 12.8. The summed E-state index contributed by atoms with van der Waals surface area (Å²) in [6, 6.07) is 13.4. The first-order chi connectivity index (χ1) is 13.5. The molecule has 2 aromatic carbocycles. The summed E-state index contributed by atoms with van der Waals surface area (Å²) >= 11 is 0. The monoisotopic (exact) mass is 374 g/mol. The topological polar surface area (TPSA) is 103 Å². The van der Waals surface area contributed by atoms with Gasteiger partial charge in [0.25, 0.3) is 5.91 Å². The third kappa shape index (κ3) is 3.25. The van der Waals surface area contributed by atoms with Crippen molar-refractivity contribution in [1.82, 2.24) is 35.2 Å². The van der Waals surface area contributed by atoms with Crippen LogP contribution in [0.25, 0.3) is 11.4 Å². The summed E-state index contributed by atoms with van der Waals surface area (Å²) in [4.78, 5) is 12.8. The largest absolute Gasteiger partial charge is 0.320 e. The summed E-state index contributed by atoms with van der Waals surface area (Å²) in [7, 11) is 0. The van der Waals surface area contributed by atoms with Crippen molar-refractivity contribution in [3.05, 3.63) is 71.3 Å². The zero-order chi connectivity index (χ0) is 19.7. The lowest BCUT2D eigenvalue weighted by molar-refractivity contribution is 0.102. The maximum absolute atomic E-state index is 12.8. The van der Waals surface area contributed by atoms with Gasteiger partial charge in [0, 0.05) is 5.69 Å².